The topological polar surface area (TPSA) is 120 Å². The molecule has 3 aromatic rings. The molecule has 0 aliphatic carbocycles. The molecule has 4 rings (SSSR count). The van der Waals surface area contributed by atoms with E-state index in [1.165, 1.54) is 6.92 Å². The van der Waals surface area contributed by atoms with Crippen LogP contribution in [0.25, 0.3) is 22.2 Å². The lowest BCUT2D eigenvalue weighted by molar-refractivity contribution is -0.118. The van der Waals surface area contributed by atoms with Gasteiger partial charge < -0.3 is 25.5 Å². The Labute approximate surface area is 197 Å². The number of hydrogen-bond donors (Lipinski definition) is 4. The maximum absolute atomic E-state index is 12.5. The molecule has 0 atom stereocenters. The van der Waals surface area contributed by atoms with Crippen molar-refractivity contribution in [2.24, 2.45) is 0 Å². The predicted molar refractivity (Wildman–Crippen MR) is 128 cm³/mol. The minimum Gasteiger partial charge on any atom is -0.494 e. The summed E-state index contributed by atoms with van der Waals surface area (Å²) >= 11 is 0. The second-order valence-electron chi connectivity index (χ2n) is 7.79. The van der Waals surface area contributed by atoms with E-state index in [9.17, 15) is 14.7 Å². The number of rotatable bonds is 7. The van der Waals surface area contributed by atoms with Gasteiger partial charge in [-0.25, -0.2) is 0 Å². The van der Waals surface area contributed by atoms with Crippen molar-refractivity contribution in [3.8, 4) is 17.1 Å². The summed E-state index contributed by atoms with van der Waals surface area (Å²) in [5, 5.41) is 16.6. The summed E-state index contributed by atoms with van der Waals surface area (Å²) in [6.07, 6.45) is 1.82. The molecule has 1 aromatic carbocycles. The van der Waals surface area contributed by atoms with Crippen molar-refractivity contribution >= 4 is 35.1 Å². The third-order valence-electron chi connectivity index (χ3n) is 5.42. The van der Waals surface area contributed by atoms with E-state index < -0.39 is 0 Å². The van der Waals surface area contributed by atoms with Crippen molar-refractivity contribution in [1.82, 2.24) is 25.5 Å². The molecule has 1 aliphatic rings. The molecular weight excluding hydrogens is 446 g/mol. The molecule has 1 fully saturated rings. The number of ether oxygens (including phenoxy) is 1. The number of carbonyl (C=O) groups excluding carboxylic acids is 2. The van der Waals surface area contributed by atoms with E-state index in [-0.39, 0.29) is 30.1 Å². The van der Waals surface area contributed by atoms with Crippen LogP contribution in [0.2, 0.25) is 0 Å². The lowest BCUT2D eigenvalue weighted by Crippen LogP contribution is -2.35. The Kier molecular flexibility index (Phi) is 8.26. The predicted octanol–water partition coefficient (Wildman–Crippen LogP) is 2.06. The number of fused-ring (bicyclic) bond motifs is 1. The van der Waals surface area contributed by atoms with Crippen molar-refractivity contribution < 1.29 is 19.4 Å². The molecule has 4 N–H and O–H groups in total. The fourth-order valence-corrected chi connectivity index (χ4v) is 3.78. The summed E-state index contributed by atoms with van der Waals surface area (Å²) in [4.78, 5) is 33.3. The molecule has 0 radical (unpaired) electrons. The number of amides is 2. The van der Waals surface area contributed by atoms with Gasteiger partial charge in [0.1, 0.15) is 0 Å². The van der Waals surface area contributed by atoms with Crippen LogP contribution in [0.1, 0.15) is 22.8 Å². The summed E-state index contributed by atoms with van der Waals surface area (Å²) in [5.41, 5.74) is 3.46. The molecule has 0 unspecified atom stereocenters. The number of nitrogens with zero attached hydrogens (tertiary/aromatic N) is 2. The molecule has 33 heavy (non-hydrogen) atoms. The first-order valence-corrected chi connectivity index (χ1v) is 10.6. The molecule has 10 heteroatoms. The van der Waals surface area contributed by atoms with Crippen LogP contribution in [0.4, 0.5) is 0 Å². The molecular formula is C23H28ClN5O4. The van der Waals surface area contributed by atoms with Gasteiger partial charge in [-0.3, -0.25) is 19.5 Å². The first-order valence-electron chi connectivity index (χ1n) is 10.6. The van der Waals surface area contributed by atoms with Crippen LogP contribution in [0.3, 0.4) is 0 Å². The normalized spacial score (nSPS) is 14.0. The summed E-state index contributed by atoms with van der Waals surface area (Å²) in [6, 6.07) is 9.08. The Morgan fingerprint density at radius 3 is 2.61 bits per heavy atom. The summed E-state index contributed by atoms with van der Waals surface area (Å²) in [5.74, 6) is -0.383. The number of pyridine rings is 1. The minimum atomic E-state index is -0.252. The average molecular weight is 474 g/mol. The second-order valence-corrected chi connectivity index (χ2v) is 7.79. The first-order chi connectivity index (χ1) is 15.5. The van der Waals surface area contributed by atoms with Crippen molar-refractivity contribution in [3.05, 3.63) is 47.7 Å². The largest absolute Gasteiger partial charge is 0.494 e. The fraction of sp³-hybridized carbons (Fsp3) is 0.348. The Morgan fingerprint density at radius 1 is 1.15 bits per heavy atom. The van der Waals surface area contributed by atoms with Gasteiger partial charge in [0.15, 0.2) is 5.88 Å². The molecule has 3 heterocycles. The van der Waals surface area contributed by atoms with E-state index in [2.05, 4.69) is 25.5 Å². The molecule has 9 nitrogen and oxygen atoms in total. The number of carbonyl (C=O) groups is 2. The Balaban J connectivity index is 0.00000306. The Morgan fingerprint density at radius 2 is 1.91 bits per heavy atom. The van der Waals surface area contributed by atoms with Crippen LogP contribution in [0.5, 0.6) is 5.88 Å². The first kappa shape index (κ1) is 24.5. The summed E-state index contributed by atoms with van der Waals surface area (Å²) < 4.78 is 5.39. The molecule has 2 amide bonds. The lowest BCUT2D eigenvalue weighted by Gasteiger charge is -2.26. The van der Waals surface area contributed by atoms with Gasteiger partial charge in [-0.1, -0.05) is 6.07 Å². The quantitative estimate of drug-likeness (QED) is 0.390. The monoisotopic (exact) mass is 473 g/mol. The third-order valence-corrected chi connectivity index (χ3v) is 5.42. The van der Waals surface area contributed by atoms with Crippen LogP contribution in [-0.2, 0) is 16.1 Å². The SMILES string of the molecule is CC(=O)NCCNC(=O)c1ccc2[nH]c(O)c(-c3ccc(CN4CCOCC4)cn3)c2c1.Cl. The van der Waals surface area contributed by atoms with Crippen molar-refractivity contribution in [2.75, 3.05) is 39.4 Å². The maximum atomic E-state index is 12.5. The molecule has 1 aliphatic heterocycles. The highest BCUT2D eigenvalue weighted by atomic mass is 35.5. The highest BCUT2D eigenvalue weighted by molar-refractivity contribution is 6.03. The highest BCUT2D eigenvalue weighted by Gasteiger charge is 2.17. The molecule has 2 aromatic heterocycles. The average Bonchev–Trinajstić information content (AvgIpc) is 3.12. The molecule has 0 spiro atoms. The standard InChI is InChI=1S/C23H27N5O4.ClH/c1-15(29)24-6-7-25-22(30)17-3-5-19-18(12-17)21(23(31)27-19)20-4-2-16(13-26-20)14-28-8-10-32-11-9-28;/h2-5,12-13,27,31H,6-11,14H2,1H3,(H,24,29)(H,25,30);1H. The number of benzene rings is 1. The van der Waals surface area contributed by atoms with E-state index in [0.29, 0.717) is 40.8 Å². The summed E-state index contributed by atoms with van der Waals surface area (Å²) in [6.45, 7) is 6.23. The zero-order chi connectivity index (χ0) is 22.5. The lowest BCUT2D eigenvalue weighted by atomic mass is 10.1. The number of aromatic amines is 1. The van der Waals surface area contributed by atoms with Crippen LogP contribution in [0.15, 0.2) is 36.5 Å². The number of H-pyrrole nitrogens is 1. The van der Waals surface area contributed by atoms with Crippen LogP contribution in [0, 0.1) is 0 Å². The summed E-state index contributed by atoms with van der Waals surface area (Å²) in [7, 11) is 0. The number of morpholine rings is 1. The maximum Gasteiger partial charge on any atom is 0.251 e. The second kappa shape index (κ2) is 11.1. The fourth-order valence-electron chi connectivity index (χ4n) is 3.78. The number of nitrogens with one attached hydrogen (secondary N) is 3. The van der Waals surface area contributed by atoms with Crippen LogP contribution >= 0.6 is 12.4 Å². The smallest absolute Gasteiger partial charge is 0.251 e. The van der Waals surface area contributed by atoms with E-state index in [1.807, 2.05) is 18.3 Å². The van der Waals surface area contributed by atoms with Gasteiger partial charge >= 0.3 is 0 Å². The van der Waals surface area contributed by atoms with Gasteiger partial charge in [-0.15, -0.1) is 12.4 Å². The van der Waals surface area contributed by atoms with Gasteiger partial charge in [-0.2, -0.15) is 0 Å². The van der Waals surface area contributed by atoms with Crippen LogP contribution < -0.4 is 10.6 Å². The number of halogens is 1. The number of aromatic hydroxyl groups is 1. The van der Waals surface area contributed by atoms with Crippen molar-refractivity contribution in [3.63, 3.8) is 0 Å². The van der Waals surface area contributed by atoms with E-state index in [0.717, 1.165) is 38.4 Å². The van der Waals surface area contributed by atoms with Gasteiger partial charge in [0.05, 0.1) is 24.5 Å². The van der Waals surface area contributed by atoms with Crippen LogP contribution in [-0.4, -0.2) is 71.2 Å². The highest BCUT2D eigenvalue weighted by Crippen LogP contribution is 2.36. The molecule has 0 saturated carbocycles. The minimum absolute atomic E-state index is 0. The third kappa shape index (κ3) is 6.01. The molecule has 176 valence electrons. The molecule has 1 saturated heterocycles. The van der Waals surface area contributed by atoms with E-state index >= 15 is 0 Å². The zero-order valence-electron chi connectivity index (χ0n) is 18.4. The van der Waals surface area contributed by atoms with Gasteiger partial charge in [0.25, 0.3) is 5.91 Å². The molecule has 0 bridgehead atoms. The van der Waals surface area contributed by atoms with Crippen molar-refractivity contribution in [1.29, 1.82) is 0 Å². The van der Waals surface area contributed by atoms with Crippen molar-refractivity contribution in [2.45, 2.75) is 13.5 Å². The number of aromatic nitrogens is 2. The number of hydrogen-bond acceptors (Lipinski definition) is 6. The van der Waals surface area contributed by atoms with E-state index in [4.69, 9.17) is 4.74 Å². The Hall–Kier alpha value is -3.14. The van der Waals surface area contributed by atoms with Gasteiger partial charge in [-0.05, 0) is 29.8 Å². The Bertz CT molecular complexity index is 1110. The van der Waals surface area contributed by atoms with E-state index in [1.54, 1.807) is 18.2 Å². The van der Waals surface area contributed by atoms with Gasteiger partial charge in [0, 0.05) is 62.3 Å². The van der Waals surface area contributed by atoms with Gasteiger partial charge in [0.2, 0.25) is 5.91 Å². The zero-order valence-corrected chi connectivity index (χ0v) is 19.2.